The van der Waals surface area contributed by atoms with Crippen molar-refractivity contribution in [1.82, 2.24) is 10.2 Å². The smallest absolute Gasteiger partial charge is 0.0701 e. The van der Waals surface area contributed by atoms with Crippen LogP contribution in [0.3, 0.4) is 0 Å². The van der Waals surface area contributed by atoms with Crippen LogP contribution in [0.5, 0.6) is 0 Å². The van der Waals surface area contributed by atoms with Crippen molar-refractivity contribution >= 4 is 0 Å². The van der Waals surface area contributed by atoms with E-state index >= 15 is 0 Å². The highest BCUT2D eigenvalue weighted by Crippen LogP contribution is 2.22. The fraction of sp³-hybridized carbons (Fsp3) is 1.00. The Balaban J connectivity index is 1.67. The van der Waals surface area contributed by atoms with Gasteiger partial charge in [0.1, 0.15) is 0 Å². The standard InChI is InChI=1S/C15H30N2O2/c1-17-10-12(8-15(11-17)19-3)9-16-13-4-6-14(18-2)7-5-13/h12-16H,4-11H2,1-3H3. The summed E-state index contributed by atoms with van der Waals surface area (Å²) in [6.45, 7) is 3.40. The molecule has 0 bridgehead atoms. The van der Waals surface area contributed by atoms with Gasteiger partial charge in [-0.05, 0) is 51.6 Å². The summed E-state index contributed by atoms with van der Waals surface area (Å²) >= 11 is 0. The van der Waals surface area contributed by atoms with Crippen LogP contribution >= 0.6 is 0 Å². The first-order chi connectivity index (χ1) is 9.21. The minimum absolute atomic E-state index is 0.412. The maximum absolute atomic E-state index is 5.53. The summed E-state index contributed by atoms with van der Waals surface area (Å²) in [7, 11) is 5.86. The lowest BCUT2D eigenvalue weighted by molar-refractivity contribution is 0.0153. The molecule has 0 aromatic rings. The predicted molar refractivity (Wildman–Crippen MR) is 77.5 cm³/mol. The van der Waals surface area contributed by atoms with Gasteiger partial charge in [-0.1, -0.05) is 0 Å². The molecular formula is C15H30N2O2. The maximum Gasteiger partial charge on any atom is 0.0701 e. The predicted octanol–water partition coefficient (Wildman–Crippen LogP) is 1.50. The molecule has 19 heavy (non-hydrogen) atoms. The molecule has 1 saturated heterocycles. The number of methoxy groups -OCH3 is 2. The summed E-state index contributed by atoms with van der Waals surface area (Å²) in [5.41, 5.74) is 0. The molecule has 1 heterocycles. The number of hydrogen-bond donors (Lipinski definition) is 1. The van der Waals surface area contributed by atoms with Crippen molar-refractivity contribution in [2.45, 2.75) is 50.4 Å². The third-order valence-corrected chi connectivity index (χ3v) is 4.72. The van der Waals surface area contributed by atoms with Crippen LogP contribution in [0.4, 0.5) is 0 Å². The molecule has 2 atom stereocenters. The Morgan fingerprint density at radius 2 is 1.68 bits per heavy atom. The first-order valence-corrected chi connectivity index (χ1v) is 7.68. The summed E-state index contributed by atoms with van der Waals surface area (Å²) in [4.78, 5) is 2.39. The molecule has 1 aliphatic carbocycles. The Bertz CT molecular complexity index is 255. The van der Waals surface area contributed by atoms with Crippen molar-refractivity contribution in [3.05, 3.63) is 0 Å². The van der Waals surface area contributed by atoms with Crippen LogP contribution in [0, 0.1) is 5.92 Å². The molecule has 0 aromatic heterocycles. The summed E-state index contributed by atoms with van der Waals surface area (Å²) in [6, 6.07) is 0.694. The van der Waals surface area contributed by atoms with E-state index in [2.05, 4.69) is 17.3 Å². The largest absolute Gasteiger partial charge is 0.381 e. The van der Waals surface area contributed by atoms with Gasteiger partial charge in [0.2, 0.25) is 0 Å². The van der Waals surface area contributed by atoms with Crippen LogP contribution in [0.15, 0.2) is 0 Å². The fourth-order valence-corrected chi connectivity index (χ4v) is 3.54. The highest BCUT2D eigenvalue weighted by Gasteiger charge is 2.26. The number of likely N-dealkylation sites (N-methyl/N-ethyl adjacent to an activating group) is 1. The van der Waals surface area contributed by atoms with E-state index in [9.17, 15) is 0 Å². The average Bonchev–Trinajstić information content (AvgIpc) is 2.45. The number of piperidine rings is 1. The lowest BCUT2D eigenvalue weighted by Crippen LogP contribution is -2.46. The van der Waals surface area contributed by atoms with E-state index in [0.717, 1.165) is 19.0 Å². The monoisotopic (exact) mass is 270 g/mol. The zero-order chi connectivity index (χ0) is 13.7. The third kappa shape index (κ3) is 4.71. The number of nitrogens with one attached hydrogen (secondary N) is 1. The van der Waals surface area contributed by atoms with Gasteiger partial charge in [-0.3, -0.25) is 0 Å². The molecule has 2 unspecified atom stereocenters. The topological polar surface area (TPSA) is 33.7 Å². The molecule has 1 saturated carbocycles. The molecule has 1 aliphatic heterocycles. The van der Waals surface area contributed by atoms with E-state index in [1.165, 1.54) is 38.6 Å². The average molecular weight is 270 g/mol. The molecule has 112 valence electrons. The van der Waals surface area contributed by atoms with Gasteiger partial charge in [0.25, 0.3) is 0 Å². The van der Waals surface area contributed by atoms with Gasteiger partial charge in [-0.2, -0.15) is 0 Å². The first kappa shape index (κ1) is 15.2. The van der Waals surface area contributed by atoms with Crippen molar-refractivity contribution in [2.24, 2.45) is 5.92 Å². The van der Waals surface area contributed by atoms with Crippen molar-refractivity contribution in [1.29, 1.82) is 0 Å². The summed E-state index contributed by atoms with van der Waals surface area (Å²) in [5, 5.41) is 3.76. The minimum Gasteiger partial charge on any atom is -0.381 e. The van der Waals surface area contributed by atoms with Gasteiger partial charge < -0.3 is 19.7 Å². The van der Waals surface area contributed by atoms with E-state index in [0.29, 0.717) is 18.2 Å². The van der Waals surface area contributed by atoms with Crippen molar-refractivity contribution in [3.63, 3.8) is 0 Å². The summed E-state index contributed by atoms with van der Waals surface area (Å²) < 4.78 is 11.0. The second-order valence-electron chi connectivity index (χ2n) is 6.30. The van der Waals surface area contributed by atoms with E-state index in [-0.39, 0.29) is 0 Å². The third-order valence-electron chi connectivity index (χ3n) is 4.72. The Morgan fingerprint density at radius 1 is 1.00 bits per heavy atom. The highest BCUT2D eigenvalue weighted by atomic mass is 16.5. The lowest BCUT2D eigenvalue weighted by Gasteiger charge is -2.36. The van der Waals surface area contributed by atoms with Gasteiger partial charge in [0, 0.05) is 33.4 Å². The van der Waals surface area contributed by atoms with Crippen LogP contribution in [0.1, 0.15) is 32.1 Å². The second kappa shape index (κ2) is 7.58. The minimum atomic E-state index is 0.412. The maximum atomic E-state index is 5.53. The molecule has 4 heteroatoms. The fourth-order valence-electron chi connectivity index (χ4n) is 3.54. The van der Waals surface area contributed by atoms with Gasteiger partial charge in [0.15, 0.2) is 0 Å². The quantitative estimate of drug-likeness (QED) is 0.821. The van der Waals surface area contributed by atoms with E-state index < -0.39 is 0 Å². The lowest BCUT2D eigenvalue weighted by atomic mass is 9.91. The molecule has 2 aliphatic rings. The van der Waals surface area contributed by atoms with Crippen LogP contribution < -0.4 is 5.32 Å². The van der Waals surface area contributed by atoms with Gasteiger partial charge in [-0.15, -0.1) is 0 Å². The molecule has 2 rings (SSSR count). The number of likely N-dealkylation sites (tertiary alicyclic amines) is 1. The van der Waals surface area contributed by atoms with Crippen LogP contribution in [0.2, 0.25) is 0 Å². The Labute approximate surface area is 117 Å². The molecule has 4 nitrogen and oxygen atoms in total. The molecule has 2 fully saturated rings. The number of ether oxygens (including phenoxy) is 2. The zero-order valence-corrected chi connectivity index (χ0v) is 12.7. The van der Waals surface area contributed by atoms with Crippen LogP contribution in [0.25, 0.3) is 0 Å². The number of nitrogens with zero attached hydrogens (tertiary/aromatic N) is 1. The Hall–Kier alpha value is -0.160. The normalized spacial score (nSPS) is 37.4. The first-order valence-electron chi connectivity index (χ1n) is 7.68. The molecular weight excluding hydrogens is 240 g/mol. The number of hydrogen-bond acceptors (Lipinski definition) is 4. The van der Waals surface area contributed by atoms with E-state index in [4.69, 9.17) is 9.47 Å². The molecule has 0 amide bonds. The molecule has 0 aromatic carbocycles. The summed E-state index contributed by atoms with van der Waals surface area (Å²) in [5.74, 6) is 0.726. The van der Waals surface area contributed by atoms with Crippen molar-refractivity contribution in [3.8, 4) is 0 Å². The Morgan fingerprint density at radius 3 is 2.32 bits per heavy atom. The highest BCUT2D eigenvalue weighted by molar-refractivity contribution is 4.82. The summed E-state index contributed by atoms with van der Waals surface area (Å²) in [6.07, 6.45) is 7.04. The van der Waals surface area contributed by atoms with E-state index in [1.54, 1.807) is 0 Å². The molecule has 0 spiro atoms. The number of rotatable bonds is 5. The Kier molecular flexibility index (Phi) is 6.07. The van der Waals surface area contributed by atoms with Crippen molar-refractivity contribution < 1.29 is 9.47 Å². The van der Waals surface area contributed by atoms with E-state index in [1.807, 2.05) is 14.2 Å². The van der Waals surface area contributed by atoms with Crippen LogP contribution in [-0.2, 0) is 9.47 Å². The van der Waals surface area contributed by atoms with Gasteiger partial charge in [-0.25, -0.2) is 0 Å². The SMILES string of the molecule is COC1CCC(NCC2CC(OC)CN(C)C2)CC1. The molecule has 1 N–H and O–H groups in total. The van der Waals surface area contributed by atoms with Gasteiger partial charge in [0.05, 0.1) is 12.2 Å². The van der Waals surface area contributed by atoms with Crippen molar-refractivity contribution in [2.75, 3.05) is 40.9 Å². The van der Waals surface area contributed by atoms with Gasteiger partial charge >= 0.3 is 0 Å². The molecule has 0 radical (unpaired) electrons. The second-order valence-corrected chi connectivity index (χ2v) is 6.30. The zero-order valence-electron chi connectivity index (χ0n) is 12.7. The van der Waals surface area contributed by atoms with Crippen LogP contribution in [-0.4, -0.2) is 64.1 Å².